The predicted octanol–water partition coefficient (Wildman–Crippen LogP) is 5.24. The van der Waals surface area contributed by atoms with Gasteiger partial charge in [-0.2, -0.15) is 0 Å². The number of hydrogen-bond acceptors (Lipinski definition) is 6. The molecule has 136 valence electrons. The molecule has 0 radical (unpaired) electrons. The Morgan fingerprint density at radius 2 is 2.26 bits per heavy atom. The Balaban J connectivity index is 1.59. The summed E-state index contributed by atoms with van der Waals surface area (Å²) in [6, 6.07) is 9.21. The van der Waals surface area contributed by atoms with Crippen LogP contribution < -0.4 is 5.56 Å². The monoisotopic (exact) mass is 415 g/mol. The molecule has 0 saturated heterocycles. The zero-order valence-corrected chi connectivity index (χ0v) is 16.5. The minimum atomic E-state index is -0.0596. The van der Waals surface area contributed by atoms with Crippen molar-refractivity contribution in [2.24, 2.45) is 0 Å². The number of fused-ring (bicyclic) bond motifs is 1. The van der Waals surface area contributed by atoms with E-state index in [1.165, 1.54) is 23.1 Å². The highest BCUT2D eigenvalue weighted by molar-refractivity contribution is 7.98. The lowest BCUT2D eigenvalue weighted by molar-refractivity contribution is 0.529. The van der Waals surface area contributed by atoms with Gasteiger partial charge in [-0.15, -0.1) is 17.9 Å². The first-order valence-corrected chi connectivity index (χ1v) is 10.3. The molecule has 4 aromatic rings. The molecule has 0 unspecified atom stereocenters. The second-order valence-electron chi connectivity index (χ2n) is 5.66. The normalized spacial score (nSPS) is 11.1. The first kappa shape index (κ1) is 18.0. The first-order valence-electron chi connectivity index (χ1n) is 8.08. The summed E-state index contributed by atoms with van der Waals surface area (Å²) in [5, 5.41) is 3.77. The van der Waals surface area contributed by atoms with E-state index in [0.717, 1.165) is 10.4 Å². The molecule has 3 heterocycles. The molecule has 0 atom stereocenters. The zero-order chi connectivity index (χ0) is 18.8. The third kappa shape index (κ3) is 3.71. The Morgan fingerprint density at radius 1 is 1.37 bits per heavy atom. The average Bonchev–Trinajstić information content (AvgIpc) is 3.32. The topological polar surface area (TPSA) is 60.9 Å². The highest BCUT2D eigenvalue weighted by Crippen LogP contribution is 2.27. The molecule has 0 bridgehead atoms. The molecule has 0 fully saturated rings. The van der Waals surface area contributed by atoms with E-state index in [2.05, 4.69) is 16.5 Å². The molecule has 0 aliphatic rings. The van der Waals surface area contributed by atoms with Crippen molar-refractivity contribution in [1.82, 2.24) is 14.5 Å². The van der Waals surface area contributed by atoms with E-state index in [-0.39, 0.29) is 5.56 Å². The zero-order valence-electron chi connectivity index (χ0n) is 14.1. The van der Waals surface area contributed by atoms with Gasteiger partial charge in [-0.05, 0) is 23.6 Å². The second-order valence-corrected chi connectivity index (χ2v) is 7.93. The average molecular weight is 416 g/mol. The number of nitrogens with zero attached hydrogens (tertiary/aromatic N) is 3. The van der Waals surface area contributed by atoms with Gasteiger partial charge in [0, 0.05) is 17.1 Å². The van der Waals surface area contributed by atoms with Crippen LogP contribution in [0.5, 0.6) is 0 Å². The van der Waals surface area contributed by atoms with Gasteiger partial charge in [0.05, 0.1) is 17.3 Å². The molecular weight excluding hydrogens is 402 g/mol. The standard InChI is InChI=1S/C19H14ClN3O2S2/c1-2-7-23-18(24)14-6-8-26-17(14)22-19(23)27-11-16-21-10-15(25-16)12-4-3-5-13(20)9-12/h2-6,8-10H,1,7,11H2. The fraction of sp³-hybridized carbons (Fsp3) is 0.105. The van der Waals surface area contributed by atoms with Crippen LogP contribution in [0.3, 0.4) is 0 Å². The maximum absolute atomic E-state index is 12.6. The van der Waals surface area contributed by atoms with E-state index >= 15 is 0 Å². The summed E-state index contributed by atoms with van der Waals surface area (Å²) in [5.41, 5.74) is 0.809. The van der Waals surface area contributed by atoms with Crippen LogP contribution in [0.15, 0.2) is 68.9 Å². The number of halogens is 1. The summed E-state index contributed by atoms with van der Waals surface area (Å²) in [6.07, 6.45) is 3.36. The Bertz CT molecular complexity index is 1180. The van der Waals surface area contributed by atoms with Gasteiger partial charge in [0.2, 0.25) is 5.89 Å². The smallest absolute Gasteiger partial charge is 0.263 e. The molecule has 8 heteroatoms. The Hall–Kier alpha value is -2.35. The summed E-state index contributed by atoms with van der Waals surface area (Å²) < 4.78 is 7.44. The maximum Gasteiger partial charge on any atom is 0.263 e. The molecule has 27 heavy (non-hydrogen) atoms. The van der Waals surface area contributed by atoms with Crippen molar-refractivity contribution in [3.05, 3.63) is 75.8 Å². The van der Waals surface area contributed by atoms with E-state index in [9.17, 15) is 4.79 Å². The number of aromatic nitrogens is 3. The van der Waals surface area contributed by atoms with Gasteiger partial charge < -0.3 is 4.42 Å². The largest absolute Gasteiger partial charge is 0.440 e. The van der Waals surface area contributed by atoms with Crippen LogP contribution in [0, 0.1) is 0 Å². The molecule has 0 amide bonds. The molecule has 0 N–H and O–H groups in total. The molecule has 0 aliphatic carbocycles. The second kappa shape index (κ2) is 7.72. The van der Waals surface area contributed by atoms with E-state index in [1.807, 2.05) is 29.6 Å². The van der Waals surface area contributed by atoms with Gasteiger partial charge in [0.15, 0.2) is 10.9 Å². The SMILES string of the molecule is C=CCn1c(SCc2ncc(-c3cccc(Cl)c3)o2)nc2sccc2c1=O. The summed E-state index contributed by atoms with van der Waals surface area (Å²) >= 11 is 8.89. The molecule has 3 aromatic heterocycles. The highest BCUT2D eigenvalue weighted by atomic mass is 35.5. The third-order valence-corrected chi connectivity index (χ3v) is 5.85. The van der Waals surface area contributed by atoms with Crippen LogP contribution >= 0.6 is 34.7 Å². The van der Waals surface area contributed by atoms with Crippen LogP contribution in [-0.2, 0) is 12.3 Å². The van der Waals surface area contributed by atoms with Crippen LogP contribution in [-0.4, -0.2) is 14.5 Å². The van der Waals surface area contributed by atoms with Crippen molar-refractivity contribution in [1.29, 1.82) is 0 Å². The first-order chi connectivity index (χ1) is 13.2. The summed E-state index contributed by atoms with van der Waals surface area (Å²) in [7, 11) is 0. The van der Waals surface area contributed by atoms with Gasteiger partial charge in [-0.1, -0.05) is 41.6 Å². The Kier molecular flexibility index (Phi) is 5.15. The van der Waals surface area contributed by atoms with Crippen molar-refractivity contribution in [2.45, 2.75) is 17.5 Å². The molecule has 0 saturated carbocycles. The van der Waals surface area contributed by atoms with Crippen LogP contribution in [0.25, 0.3) is 21.5 Å². The number of allylic oxidation sites excluding steroid dienone is 1. The van der Waals surface area contributed by atoms with E-state index < -0.39 is 0 Å². The minimum Gasteiger partial charge on any atom is -0.440 e. The van der Waals surface area contributed by atoms with Gasteiger partial charge in [0.25, 0.3) is 5.56 Å². The van der Waals surface area contributed by atoms with Crippen molar-refractivity contribution in [3.63, 3.8) is 0 Å². The van der Waals surface area contributed by atoms with Crippen molar-refractivity contribution in [2.75, 3.05) is 0 Å². The molecule has 0 aliphatic heterocycles. The van der Waals surface area contributed by atoms with Gasteiger partial charge in [-0.25, -0.2) is 9.97 Å². The Morgan fingerprint density at radius 3 is 3.07 bits per heavy atom. The number of oxazole rings is 1. The van der Waals surface area contributed by atoms with Crippen molar-refractivity contribution in [3.8, 4) is 11.3 Å². The lowest BCUT2D eigenvalue weighted by atomic mass is 10.2. The van der Waals surface area contributed by atoms with Crippen LogP contribution in [0.2, 0.25) is 5.02 Å². The highest BCUT2D eigenvalue weighted by Gasteiger charge is 2.14. The lowest BCUT2D eigenvalue weighted by Crippen LogP contribution is -2.22. The van der Waals surface area contributed by atoms with Gasteiger partial charge >= 0.3 is 0 Å². The molecule has 5 nitrogen and oxygen atoms in total. The minimum absolute atomic E-state index is 0.0596. The Labute approximate surface area is 168 Å². The van der Waals surface area contributed by atoms with E-state index in [0.29, 0.717) is 39.5 Å². The molecule has 4 rings (SSSR count). The van der Waals surface area contributed by atoms with Crippen LogP contribution in [0.1, 0.15) is 5.89 Å². The quantitative estimate of drug-likeness (QED) is 0.244. The van der Waals surface area contributed by atoms with E-state index in [1.54, 1.807) is 22.9 Å². The number of thiophene rings is 1. The molecule has 1 aromatic carbocycles. The van der Waals surface area contributed by atoms with E-state index in [4.69, 9.17) is 16.0 Å². The fourth-order valence-electron chi connectivity index (χ4n) is 2.61. The van der Waals surface area contributed by atoms with Crippen LogP contribution in [0.4, 0.5) is 0 Å². The molecule has 0 spiro atoms. The fourth-order valence-corrected chi connectivity index (χ4v) is 4.47. The number of thioether (sulfide) groups is 1. The van der Waals surface area contributed by atoms with Crippen molar-refractivity contribution >= 4 is 44.9 Å². The molecular formula is C19H14ClN3O2S2. The van der Waals surface area contributed by atoms with Crippen molar-refractivity contribution < 1.29 is 4.42 Å². The number of hydrogen-bond donors (Lipinski definition) is 0. The maximum atomic E-state index is 12.6. The predicted molar refractivity (Wildman–Crippen MR) is 111 cm³/mol. The summed E-state index contributed by atoms with van der Waals surface area (Å²) in [4.78, 5) is 22.3. The lowest BCUT2D eigenvalue weighted by Gasteiger charge is -2.08. The number of benzene rings is 1. The third-order valence-electron chi connectivity index (χ3n) is 3.85. The number of rotatable bonds is 6. The summed E-state index contributed by atoms with van der Waals surface area (Å²) in [5.74, 6) is 1.67. The summed E-state index contributed by atoms with van der Waals surface area (Å²) in [6.45, 7) is 4.13. The van der Waals surface area contributed by atoms with Gasteiger partial charge in [-0.3, -0.25) is 9.36 Å². The van der Waals surface area contributed by atoms with Gasteiger partial charge in [0.1, 0.15) is 4.83 Å².